The fraction of sp³-hybridized carbons (Fsp3) is 0.381. The van der Waals surface area contributed by atoms with E-state index in [9.17, 15) is 13.2 Å². The largest absolute Gasteiger partial charge is 0.379 e. The minimum Gasteiger partial charge on any atom is -0.379 e. The molecule has 0 radical (unpaired) electrons. The van der Waals surface area contributed by atoms with E-state index in [1.807, 2.05) is 24.3 Å². The molecule has 7 nitrogen and oxygen atoms in total. The zero-order chi connectivity index (χ0) is 20.3. The number of rotatable bonds is 5. The van der Waals surface area contributed by atoms with Crippen LogP contribution in [0.1, 0.15) is 23.2 Å². The van der Waals surface area contributed by atoms with Gasteiger partial charge in [-0.15, -0.1) is 0 Å². The molecule has 154 valence electrons. The highest BCUT2D eigenvalue weighted by Gasteiger charge is 2.30. The molecule has 0 saturated carbocycles. The van der Waals surface area contributed by atoms with Gasteiger partial charge in [-0.05, 0) is 49.2 Å². The van der Waals surface area contributed by atoms with Gasteiger partial charge in [0.1, 0.15) is 0 Å². The van der Waals surface area contributed by atoms with E-state index in [1.165, 1.54) is 23.2 Å². The highest BCUT2D eigenvalue weighted by atomic mass is 32.2. The molecule has 8 heteroatoms. The van der Waals surface area contributed by atoms with Gasteiger partial charge in [0, 0.05) is 37.6 Å². The van der Waals surface area contributed by atoms with Gasteiger partial charge in [0.05, 0.1) is 23.7 Å². The Labute approximate surface area is 171 Å². The maximum absolute atomic E-state index is 13.0. The van der Waals surface area contributed by atoms with Gasteiger partial charge < -0.3 is 15.0 Å². The predicted octanol–water partition coefficient (Wildman–Crippen LogP) is 2.56. The maximum atomic E-state index is 13.0. The first-order valence-corrected chi connectivity index (χ1v) is 11.3. The number of hydrogen-bond donors (Lipinski definition) is 1. The molecule has 2 heterocycles. The molecule has 0 aromatic heterocycles. The first-order chi connectivity index (χ1) is 14.1. The monoisotopic (exact) mass is 415 g/mol. The van der Waals surface area contributed by atoms with Gasteiger partial charge in [-0.25, -0.2) is 8.42 Å². The van der Waals surface area contributed by atoms with Gasteiger partial charge in [0.15, 0.2) is 0 Å². The fourth-order valence-corrected chi connectivity index (χ4v) is 5.33. The van der Waals surface area contributed by atoms with Crippen LogP contribution in [0.25, 0.3) is 0 Å². The van der Waals surface area contributed by atoms with E-state index in [0.29, 0.717) is 18.9 Å². The van der Waals surface area contributed by atoms with Crippen molar-refractivity contribution in [2.24, 2.45) is 0 Å². The Morgan fingerprint density at radius 2 is 1.55 bits per heavy atom. The molecule has 2 fully saturated rings. The number of sulfonamides is 1. The van der Waals surface area contributed by atoms with Crippen molar-refractivity contribution < 1.29 is 17.9 Å². The summed E-state index contributed by atoms with van der Waals surface area (Å²) in [5, 5.41) is 2.83. The van der Waals surface area contributed by atoms with Gasteiger partial charge in [-0.1, -0.05) is 12.1 Å². The van der Waals surface area contributed by atoms with Crippen LogP contribution in [-0.2, 0) is 14.8 Å². The molecule has 2 aliphatic heterocycles. The van der Waals surface area contributed by atoms with Crippen LogP contribution in [0.2, 0.25) is 0 Å². The van der Waals surface area contributed by atoms with Gasteiger partial charge in [0.25, 0.3) is 5.91 Å². The van der Waals surface area contributed by atoms with Crippen molar-refractivity contribution in [1.82, 2.24) is 4.31 Å². The van der Waals surface area contributed by atoms with Crippen molar-refractivity contribution in [3.8, 4) is 0 Å². The van der Waals surface area contributed by atoms with Crippen LogP contribution in [0.5, 0.6) is 0 Å². The molecule has 29 heavy (non-hydrogen) atoms. The lowest BCUT2D eigenvalue weighted by atomic mass is 10.2. The number of carbonyl (C=O) groups excluding carboxylic acids is 1. The summed E-state index contributed by atoms with van der Waals surface area (Å²) in [6.45, 7) is 3.40. The van der Waals surface area contributed by atoms with Gasteiger partial charge in [-0.3, -0.25) is 4.79 Å². The minimum atomic E-state index is -3.76. The number of ether oxygens (including phenoxy) is 1. The molecule has 4 rings (SSSR count). The Kier molecular flexibility index (Phi) is 5.84. The summed E-state index contributed by atoms with van der Waals surface area (Å²) < 4.78 is 32.7. The summed E-state index contributed by atoms with van der Waals surface area (Å²) in [5.74, 6) is -0.439. The molecule has 2 aromatic carbocycles. The van der Waals surface area contributed by atoms with E-state index in [2.05, 4.69) is 10.2 Å². The summed E-state index contributed by atoms with van der Waals surface area (Å²) in [6, 6.07) is 14.0. The standard InChI is InChI=1S/C21H25N3O4S/c25-21(22-17-7-9-18(10-8-17)23-11-3-4-12-23)19-5-1-2-6-20(19)29(26,27)24-13-15-28-16-14-24/h1-2,5-10H,3-4,11-16H2,(H,22,25). The normalized spacial score (nSPS) is 18.0. The predicted molar refractivity (Wildman–Crippen MR) is 112 cm³/mol. The number of carbonyl (C=O) groups is 1. The first kappa shape index (κ1) is 19.9. The number of nitrogens with zero attached hydrogens (tertiary/aromatic N) is 2. The molecule has 0 atom stereocenters. The number of nitrogens with one attached hydrogen (secondary N) is 1. The van der Waals surface area contributed by atoms with Crippen molar-refractivity contribution in [2.75, 3.05) is 49.6 Å². The van der Waals surface area contributed by atoms with Crippen LogP contribution in [0, 0.1) is 0 Å². The molecule has 1 amide bonds. The lowest BCUT2D eigenvalue weighted by molar-refractivity contribution is 0.0730. The first-order valence-electron chi connectivity index (χ1n) is 9.89. The molecule has 0 unspecified atom stereocenters. The third kappa shape index (κ3) is 4.29. The highest BCUT2D eigenvalue weighted by Crippen LogP contribution is 2.24. The molecule has 0 spiro atoms. The molecule has 2 saturated heterocycles. The van der Waals surface area contributed by atoms with Crippen LogP contribution in [0.3, 0.4) is 0 Å². The summed E-state index contributed by atoms with van der Waals surface area (Å²) in [7, 11) is -3.76. The van der Waals surface area contributed by atoms with Crippen molar-refractivity contribution in [2.45, 2.75) is 17.7 Å². The molecule has 0 bridgehead atoms. The van der Waals surface area contributed by atoms with E-state index in [0.717, 1.165) is 18.8 Å². The van der Waals surface area contributed by atoms with Crippen LogP contribution >= 0.6 is 0 Å². The summed E-state index contributed by atoms with van der Waals surface area (Å²) in [5.41, 5.74) is 1.91. The average Bonchev–Trinajstić information content (AvgIpc) is 3.30. The number of anilines is 2. The van der Waals surface area contributed by atoms with E-state index in [-0.39, 0.29) is 23.5 Å². The van der Waals surface area contributed by atoms with E-state index < -0.39 is 15.9 Å². The summed E-state index contributed by atoms with van der Waals surface area (Å²) in [4.78, 5) is 15.2. The van der Waals surface area contributed by atoms with E-state index in [4.69, 9.17) is 4.74 Å². The van der Waals surface area contributed by atoms with Crippen LogP contribution in [0.15, 0.2) is 53.4 Å². The summed E-state index contributed by atoms with van der Waals surface area (Å²) >= 11 is 0. The molecule has 2 aliphatic rings. The van der Waals surface area contributed by atoms with Crippen LogP contribution < -0.4 is 10.2 Å². The number of morpholine rings is 1. The van der Waals surface area contributed by atoms with Crippen LogP contribution in [-0.4, -0.2) is 58.0 Å². The lowest BCUT2D eigenvalue weighted by Gasteiger charge is -2.26. The quantitative estimate of drug-likeness (QED) is 0.812. The maximum Gasteiger partial charge on any atom is 0.257 e. The van der Waals surface area contributed by atoms with E-state index >= 15 is 0 Å². The number of hydrogen-bond acceptors (Lipinski definition) is 5. The van der Waals surface area contributed by atoms with Gasteiger partial charge in [0.2, 0.25) is 10.0 Å². The van der Waals surface area contributed by atoms with E-state index in [1.54, 1.807) is 18.2 Å². The highest BCUT2D eigenvalue weighted by molar-refractivity contribution is 7.89. The SMILES string of the molecule is O=C(Nc1ccc(N2CCCC2)cc1)c1ccccc1S(=O)(=O)N1CCOCC1. The number of benzene rings is 2. The average molecular weight is 416 g/mol. The fourth-order valence-electron chi connectivity index (χ4n) is 3.73. The third-order valence-corrected chi connectivity index (χ3v) is 7.27. The Morgan fingerprint density at radius 1 is 0.897 bits per heavy atom. The van der Waals surface area contributed by atoms with Gasteiger partial charge >= 0.3 is 0 Å². The second-order valence-electron chi connectivity index (χ2n) is 7.21. The van der Waals surface area contributed by atoms with Gasteiger partial charge in [-0.2, -0.15) is 4.31 Å². The molecular formula is C21H25N3O4S. The van der Waals surface area contributed by atoms with Crippen LogP contribution in [0.4, 0.5) is 11.4 Å². The second-order valence-corrected chi connectivity index (χ2v) is 9.11. The van der Waals surface area contributed by atoms with Crippen molar-refractivity contribution >= 4 is 27.3 Å². The smallest absolute Gasteiger partial charge is 0.257 e. The molecule has 0 aliphatic carbocycles. The molecule has 2 aromatic rings. The summed E-state index contributed by atoms with van der Waals surface area (Å²) in [6.07, 6.45) is 2.40. The van der Waals surface area contributed by atoms with Crippen molar-refractivity contribution in [3.63, 3.8) is 0 Å². The molecular weight excluding hydrogens is 390 g/mol. The lowest BCUT2D eigenvalue weighted by Crippen LogP contribution is -2.41. The number of amides is 1. The Morgan fingerprint density at radius 3 is 2.24 bits per heavy atom. The minimum absolute atomic E-state index is 0.0214. The Balaban J connectivity index is 1.53. The Hall–Kier alpha value is -2.42. The Bertz CT molecular complexity index is 964. The zero-order valence-electron chi connectivity index (χ0n) is 16.2. The zero-order valence-corrected chi connectivity index (χ0v) is 17.0. The second kappa shape index (κ2) is 8.52. The van der Waals surface area contributed by atoms with Crippen molar-refractivity contribution in [1.29, 1.82) is 0 Å². The van der Waals surface area contributed by atoms with Crippen molar-refractivity contribution in [3.05, 3.63) is 54.1 Å². The molecule has 1 N–H and O–H groups in total. The third-order valence-electron chi connectivity index (χ3n) is 5.32. The topological polar surface area (TPSA) is 79.0 Å².